The Morgan fingerprint density at radius 1 is 1.03 bits per heavy atom. The van der Waals surface area contributed by atoms with E-state index in [0.29, 0.717) is 6.42 Å². The zero-order chi connectivity index (χ0) is 25.3. The molecule has 5 atom stereocenters. The van der Waals surface area contributed by atoms with Crippen molar-refractivity contribution in [1.82, 2.24) is 15.5 Å². The Bertz CT molecular complexity index is 773. The third-order valence-electron chi connectivity index (χ3n) is 5.22. The lowest BCUT2D eigenvalue weighted by molar-refractivity contribution is -0.146. The summed E-state index contributed by atoms with van der Waals surface area (Å²) in [5.74, 6) is -5.01. The summed E-state index contributed by atoms with van der Waals surface area (Å²) in [5, 5.41) is 24.0. The minimum Gasteiger partial charge on any atom is -0.480 e. The van der Waals surface area contributed by atoms with Crippen molar-refractivity contribution in [3.05, 3.63) is 0 Å². The van der Waals surface area contributed by atoms with Crippen LogP contribution in [0.1, 0.15) is 45.4 Å². The van der Waals surface area contributed by atoms with Gasteiger partial charge in [-0.15, -0.1) is 0 Å². The van der Waals surface area contributed by atoms with Gasteiger partial charge < -0.3 is 42.9 Å². The van der Waals surface area contributed by atoms with E-state index < -0.39 is 65.8 Å². The first-order valence-electron chi connectivity index (χ1n) is 10.5. The maximum Gasteiger partial charge on any atom is 0.326 e. The average molecular weight is 472 g/mol. The Kier molecular flexibility index (Phi) is 10.7. The van der Waals surface area contributed by atoms with Crippen molar-refractivity contribution >= 4 is 35.5 Å². The predicted molar refractivity (Wildman–Crippen MR) is 113 cm³/mol. The van der Waals surface area contributed by atoms with Gasteiger partial charge in [0.2, 0.25) is 29.5 Å². The van der Waals surface area contributed by atoms with Crippen molar-refractivity contribution in [1.29, 1.82) is 0 Å². The maximum atomic E-state index is 13.0. The van der Waals surface area contributed by atoms with Gasteiger partial charge in [0.15, 0.2) is 0 Å². The molecule has 0 aromatic rings. The molecule has 0 spiro atoms. The van der Waals surface area contributed by atoms with Crippen LogP contribution in [-0.4, -0.2) is 87.4 Å². The number of carboxylic acids is 1. The van der Waals surface area contributed by atoms with Crippen molar-refractivity contribution in [3.8, 4) is 0 Å². The van der Waals surface area contributed by atoms with Crippen LogP contribution >= 0.6 is 0 Å². The Labute approximate surface area is 190 Å². The molecule has 0 radical (unpaired) electrons. The molecule has 0 aliphatic carbocycles. The summed E-state index contributed by atoms with van der Waals surface area (Å²) in [6, 6.07) is -4.98. The van der Waals surface area contributed by atoms with E-state index >= 15 is 0 Å². The lowest BCUT2D eigenvalue weighted by Gasteiger charge is -2.31. The third kappa shape index (κ3) is 8.65. The molecule has 5 amide bonds. The SMILES string of the molecule is CC(O)C(NC(=O)C(N)CCC(N)=O)C(=O)N1CCCC1C(=O)NC(CCC(N)=O)C(=O)O. The Morgan fingerprint density at radius 3 is 2.12 bits per heavy atom. The Balaban J connectivity index is 2.88. The van der Waals surface area contributed by atoms with Gasteiger partial charge in [-0.1, -0.05) is 0 Å². The highest BCUT2D eigenvalue weighted by Gasteiger charge is 2.40. The molecule has 1 rings (SSSR count). The summed E-state index contributed by atoms with van der Waals surface area (Å²) in [7, 11) is 0. The number of rotatable bonds is 13. The smallest absolute Gasteiger partial charge is 0.326 e. The Morgan fingerprint density at radius 2 is 1.61 bits per heavy atom. The lowest BCUT2D eigenvalue weighted by Crippen LogP contribution is -2.59. The van der Waals surface area contributed by atoms with Gasteiger partial charge in [0, 0.05) is 19.4 Å². The highest BCUT2D eigenvalue weighted by atomic mass is 16.4. The van der Waals surface area contributed by atoms with E-state index in [4.69, 9.17) is 17.2 Å². The minimum absolute atomic E-state index is 0.0570. The van der Waals surface area contributed by atoms with Crippen LogP contribution in [0.25, 0.3) is 0 Å². The van der Waals surface area contributed by atoms with E-state index in [9.17, 15) is 39.0 Å². The van der Waals surface area contributed by atoms with Crippen LogP contribution in [0.5, 0.6) is 0 Å². The Hall–Kier alpha value is -3.26. The van der Waals surface area contributed by atoms with Crippen LogP contribution in [0, 0.1) is 0 Å². The number of nitrogens with zero attached hydrogens (tertiary/aromatic N) is 1. The first-order chi connectivity index (χ1) is 15.3. The number of aliphatic carboxylic acids is 1. The summed E-state index contributed by atoms with van der Waals surface area (Å²) >= 11 is 0. The molecule has 1 fully saturated rings. The number of carbonyl (C=O) groups is 6. The van der Waals surface area contributed by atoms with Crippen LogP contribution in [-0.2, 0) is 28.8 Å². The molecule has 14 heteroatoms. The molecule has 5 unspecified atom stereocenters. The van der Waals surface area contributed by atoms with Crippen LogP contribution in [0.2, 0.25) is 0 Å². The first kappa shape index (κ1) is 27.8. The van der Waals surface area contributed by atoms with Gasteiger partial charge in [-0.25, -0.2) is 4.79 Å². The molecule has 1 aliphatic rings. The van der Waals surface area contributed by atoms with Crippen molar-refractivity contribution in [3.63, 3.8) is 0 Å². The van der Waals surface area contributed by atoms with Gasteiger partial charge in [-0.2, -0.15) is 0 Å². The normalized spacial score (nSPS) is 19.1. The summed E-state index contributed by atoms with van der Waals surface area (Å²) in [6.45, 7) is 1.41. The average Bonchev–Trinajstić information content (AvgIpc) is 3.21. The van der Waals surface area contributed by atoms with Crippen LogP contribution in [0.4, 0.5) is 0 Å². The number of hydrogen-bond donors (Lipinski definition) is 7. The third-order valence-corrected chi connectivity index (χ3v) is 5.22. The molecule has 0 bridgehead atoms. The maximum absolute atomic E-state index is 13.0. The second-order valence-electron chi connectivity index (χ2n) is 7.93. The molecule has 10 N–H and O–H groups in total. The molecule has 1 heterocycles. The minimum atomic E-state index is -1.42. The van der Waals surface area contributed by atoms with Gasteiger partial charge in [-0.05, 0) is 32.6 Å². The lowest BCUT2D eigenvalue weighted by atomic mass is 10.1. The number of likely N-dealkylation sites (tertiary alicyclic amines) is 1. The zero-order valence-corrected chi connectivity index (χ0v) is 18.4. The number of amides is 5. The van der Waals surface area contributed by atoms with E-state index in [1.807, 2.05) is 0 Å². The topological polar surface area (TPSA) is 248 Å². The van der Waals surface area contributed by atoms with Gasteiger partial charge in [0.1, 0.15) is 18.1 Å². The van der Waals surface area contributed by atoms with E-state index in [1.54, 1.807) is 0 Å². The molecule has 33 heavy (non-hydrogen) atoms. The van der Waals surface area contributed by atoms with E-state index in [-0.39, 0.29) is 38.6 Å². The number of nitrogens with two attached hydrogens (primary N) is 3. The number of carbonyl (C=O) groups excluding carboxylic acids is 5. The second-order valence-corrected chi connectivity index (χ2v) is 7.93. The molecule has 1 saturated heterocycles. The van der Waals surface area contributed by atoms with Crippen molar-refractivity contribution in [2.75, 3.05) is 6.54 Å². The summed E-state index contributed by atoms with van der Waals surface area (Å²) in [5.41, 5.74) is 15.7. The summed E-state index contributed by atoms with van der Waals surface area (Å²) < 4.78 is 0. The number of nitrogens with one attached hydrogen (secondary N) is 2. The van der Waals surface area contributed by atoms with Crippen molar-refractivity contribution in [2.24, 2.45) is 17.2 Å². The van der Waals surface area contributed by atoms with E-state index in [0.717, 1.165) is 4.90 Å². The first-order valence-corrected chi connectivity index (χ1v) is 10.5. The van der Waals surface area contributed by atoms with Gasteiger partial charge >= 0.3 is 5.97 Å². The quantitative estimate of drug-likeness (QED) is 0.139. The van der Waals surface area contributed by atoms with Crippen LogP contribution in [0.3, 0.4) is 0 Å². The summed E-state index contributed by atoms with van der Waals surface area (Å²) in [4.78, 5) is 72.4. The second kappa shape index (κ2) is 12.7. The highest BCUT2D eigenvalue weighted by molar-refractivity contribution is 5.95. The molecular formula is C19H32N6O8. The number of carboxylic acid groups (broad SMARTS) is 1. The van der Waals surface area contributed by atoms with Gasteiger partial charge in [-0.3, -0.25) is 24.0 Å². The van der Waals surface area contributed by atoms with E-state index in [1.165, 1.54) is 6.92 Å². The van der Waals surface area contributed by atoms with E-state index in [2.05, 4.69) is 10.6 Å². The number of aliphatic hydroxyl groups is 1. The molecule has 1 aliphatic heterocycles. The fraction of sp³-hybridized carbons (Fsp3) is 0.684. The predicted octanol–water partition coefficient (Wildman–Crippen LogP) is -3.73. The fourth-order valence-electron chi connectivity index (χ4n) is 3.37. The largest absolute Gasteiger partial charge is 0.480 e. The fourth-order valence-corrected chi connectivity index (χ4v) is 3.37. The molecular weight excluding hydrogens is 440 g/mol. The van der Waals surface area contributed by atoms with Gasteiger partial charge in [0.25, 0.3) is 0 Å². The number of aliphatic hydroxyl groups excluding tert-OH is 1. The number of primary amides is 2. The van der Waals surface area contributed by atoms with Crippen LogP contribution in [0.15, 0.2) is 0 Å². The molecule has 14 nitrogen and oxygen atoms in total. The molecule has 0 aromatic carbocycles. The standard InChI is InChI=1S/C19H32N6O8/c1-9(26)15(24-16(29)10(20)4-6-13(21)27)18(31)25-8-2-3-12(25)17(30)23-11(19(32)33)5-7-14(22)28/h9-12,15,26H,2-8,20H2,1H3,(H2,21,27)(H2,22,28)(H,23,30)(H,24,29)(H,32,33). The van der Waals surface area contributed by atoms with Crippen molar-refractivity contribution < 1.29 is 39.0 Å². The van der Waals surface area contributed by atoms with Crippen molar-refractivity contribution in [2.45, 2.75) is 75.7 Å². The highest BCUT2D eigenvalue weighted by Crippen LogP contribution is 2.20. The summed E-state index contributed by atoms with van der Waals surface area (Å²) in [6.07, 6.45) is -1.34. The zero-order valence-electron chi connectivity index (χ0n) is 18.4. The van der Waals surface area contributed by atoms with Gasteiger partial charge in [0.05, 0.1) is 12.1 Å². The molecule has 0 aromatic heterocycles. The molecule has 186 valence electrons. The van der Waals surface area contributed by atoms with Crippen LogP contribution < -0.4 is 27.8 Å². The molecule has 0 saturated carbocycles. The monoisotopic (exact) mass is 472 g/mol. The number of hydrogen-bond acceptors (Lipinski definition) is 8.